The van der Waals surface area contributed by atoms with Gasteiger partial charge in [0.15, 0.2) is 0 Å². The Kier molecular flexibility index (Phi) is 2.56. The zero-order valence-electron chi connectivity index (χ0n) is 7.41. The lowest BCUT2D eigenvalue weighted by atomic mass is 9.79. The number of rotatable bonds is 2. The molecule has 0 unspecified atom stereocenters. The van der Waals surface area contributed by atoms with Crippen molar-refractivity contribution < 1.29 is 5.11 Å². The zero-order valence-corrected chi connectivity index (χ0v) is 8.17. The summed E-state index contributed by atoms with van der Waals surface area (Å²) in [5.74, 6) is 0.457. The predicted molar refractivity (Wildman–Crippen MR) is 53.8 cm³/mol. The molecule has 1 aliphatic carbocycles. The molecule has 0 aliphatic heterocycles. The van der Waals surface area contributed by atoms with Crippen molar-refractivity contribution in [2.45, 2.75) is 25.4 Å². The summed E-state index contributed by atoms with van der Waals surface area (Å²) in [6, 6.07) is 7.51. The van der Waals surface area contributed by atoms with E-state index >= 15 is 0 Å². The van der Waals surface area contributed by atoms with Gasteiger partial charge in [0.05, 0.1) is 6.10 Å². The van der Waals surface area contributed by atoms with Crippen LogP contribution in [0.15, 0.2) is 24.3 Å². The van der Waals surface area contributed by atoms with Crippen LogP contribution >= 0.6 is 11.6 Å². The van der Waals surface area contributed by atoms with Crippen LogP contribution in [-0.2, 0) is 0 Å². The Morgan fingerprint density at radius 2 is 2.15 bits per heavy atom. The van der Waals surface area contributed by atoms with Crippen molar-refractivity contribution in [1.82, 2.24) is 0 Å². The Morgan fingerprint density at radius 3 is 2.69 bits per heavy atom. The van der Waals surface area contributed by atoms with E-state index in [1.807, 2.05) is 24.3 Å². The Bertz CT molecular complexity index is 294. The third-order valence-corrected chi connectivity index (χ3v) is 3.02. The molecule has 1 saturated carbocycles. The van der Waals surface area contributed by atoms with E-state index in [0.717, 1.165) is 18.4 Å². The molecule has 1 aromatic carbocycles. The molecule has 2 heteroatoms. The van der Waals surface area contributed by atoms with E-state index in [1.165, 1.54) is 6.42 Å². The molecule has 0 spiro atoms. The normalized spacial score (nSPS) is 19.5. The highest BCUT2D eigenvalue weighted by Gasteiger charge is 2.26. The number of hydrogen-bond acceptors (Lipinski definition) is 1. The van der Waals surface area contributed by atoms with E-state index in [2.05, 4.69) is 0 Å². The molecule has 1 aliphatic rings. The summed E-state index contributed by atoms with van der Waals surface area (Å²) in [7, 11) is 0. The van der Waals surface area contributed by atoms with Crippen molar-refractivity contribution in [3.63, 3.8) is 0 Å². The first kappa shape index (κ1) is 9.04. The summed E-state index contributed by atoms with van der Waals surface area (Å²) >= 11 is 5.84. The molecule has 1 fully saturated rings. The van der Waals surface area contributed by atoms with E-state index in [-0.39, 0.29) is 6.10 Å². The average Bonchev–Trinajstić information content (AvgIpc) is 2.01. The summed E-state index contributed by atoms with van der Waals surface area (Å²) in [6.45, 7) is 0. The molecule has 1 N–H and O–H groups in total. The SMILES string of the molecule is O[C@@H](c1cccc(Cl)c1)C1CCC1. The van der Waals surface area contributed by atoms with E-state index in [0.29, 0.717) is 10.9 Å². The van der Waals surface area contributed by atoms with Gasteiger partial charge < -0.3 is 5.11 Å². The lowest BCUT2D eigenvalue weighted by Gasteiger charge is -2.30. The third-order valence-electron chi connectivity index (χ3n) is 2.79. The van der Waals surface area contributed by atoms with Gasteiger partial charge in [-0.25, -0.2) is 0 Å². The fourth-order valence-electron chi connectivity index (χ4n) is 1.72. The monoisotopic (exact) mass is 196 g/mol. The van der Waals surface area contributed by atoms with Crippen LogP contribution in [0, 0.1) is 5.92 Å². The minimum Gasteiger partial charge on any atom is -0.388 e. The van der Waals surface area contributed by atoms with Gasteiger partial charge in [0, 0.05) is 5.02 Å². The number of hydrogen-bond donors (Lipinski definition) is 1. The van der Waals surface area contributed by atoms with Gasteiger partial charge in [-0.05, 0) is 36.5 Å². The number of aliphatic hydroxyl groups excluding tert-OH is 1. The van der Waals surface area contributed by atoms with E-state index in [4.69, 9.17) is 11.6 Å². The van der Waals surface area contributed by atoms with Gasteiger partial charge in [-0.15, -0.1) is 0 Å². The smallest absolute Gasteiger partial charge is 0.0818 e. The van der Waals surface area contributed by atoms with Crippen LogP contribution in [-0.4, -0.2) is 5.11 Å². The Hall–Kier alpha value is -0.530. The van der Waals surface area contributed by atoms with Gasteiger partial charge in [-0.2, -0.15) is 0 Å². The van der Waals surface area contributed by atoms with Crippen molar-refractivity contribution >= 4 is 11.6 Å². The second kappa shape index (κ2) is 3.69. The Balaban J connectivity index is 2.14. The molecule has 2 rings (SSSR count). The molecule has 0 saturated heterocycles. The predicted octanol–water partition coefficient (Wildman–Crippen LogP) is 3.17. The molecular formula is C11H13ClO. The van der Waals surface area contributed by atoms with Crippen molar-refractivity contribution in [1.29, 1.82) is 0 Å². The lowest BCUT2D eigenvalue weighted by Crippen LogP contribution is -2.19. The van der Waals surface area contributed by atoms with Crippen LogP contribution in [0.25, 0.3) is 0 Å². The van der Waals surface area contributed by atoms with Crippen LogP contribution in [0.1, 0.15) is 30.9 Å². The topological polar surface area (TPSA) is 20.2 Å². The summed E-state index contributed by atoms with van der Waals surface area (Å²) in [5.41, 5.74) is 0.956. The van der Waals surface area contributed by atoms with Crippen molar-refractivity contribution in [2.75, 3.05) is 0 Å². The van der Waals surface area contributed by atoms with Crippen LogP contribution in [0.2, 0.25) is 5.02 Å². The maximum Gasteiger partial charge on any atom is 0.0818 e. The van der Waals surface area contributed by atoms with Crippen LogP contribution in [0.5, 0.6) is 0 Å². The summed E-state index contributed by atoms with van der Waals surface area (Å²) in [4.78, 5) is 0. The van der Waals surface area contributed by atoms with E-state index in [1.54, 1.807) is 0 Å². The molecule has 0 radical (unpaired) electrons. The van der Waals surface area contributed by atoms with Gasteiger partial charge in [0.1, 0.15) is 0 Å². The maximum absolute atomic E-state index is 9.91. The first-order valence-corrected chi connectivity index (χ1v) is 5.09. The van der Waals surface area contributed by atoms with Gasteiger partial charge in [-0.1, -0.05) is 30.2 Å². The highest BCUT2D eigenvalue weighted by molar-refractivity contribution is 6.30. The number of aliphatic hydroxyl groups is 1. The van der Waals surface area contributed by atoms with Crippen LogP contribution in [0.4, 0.5) is 0 Å². The minimum atomic E-state index is -0.313. The molecule has 1 nitrogen and oxygen atoms in total. The Morgan fingerprint density at radius 1 is 1.38 bits per heavy atom. The largest absolute Gasteiger partial charge is 0.388 e. The lowest BCUT2D eigenvalue weighted by molar-refractivity contribution is 0.0621. The van der Waals surface area contributed by atoms with E-state index in [9.17, 15) is 5.11 Å². The third kappa shape index (κ3) is 1.87. The second-order valence-corrected chi connectivity index (χ2v) is 4.13. The molecule has 1 aromatic rings. The molecule has 0 heterocycles. The summed E-state index contributed by atoms with van der Waals surface area (Å²) in [5, 5.41) is 10.6. The second-order valence-electron chi connectivity index (χ2n) is 3.69. The Labute approximate surface area is 83.3 Å². The van der Waals surface area contributed by atoms with Gasteiger partial charge >= 0.3 is 0 Å². The summed E-state index contributed by atoms with van der Waals surface area (Å²) in [6.07, 6.45) is 3.23. The van der Waals surface area contributed by atoms with Crippen molar-refractivity contribution in [3.8, 4) is 0 Å². The number of benzene rings is 1. The highest BCUT2D eigenvalue weighted by atomic mass is 35.5. The maximum atomic E-state index is 9.91. The minimum absolute atomic E-state index is 0.313. The average molecular weight is 197 g/mol. The standard InChI is InChI=1S/C11H13ClO/c12-10-6-2-5-9(7-10)11(13)8-3-1-4-8/h2,5-8,11,13H,1,3-4H2/t11-/m1/s1. The van der Waals surface area contributed by atoms with Gasteiger partial charge in [0.2, 0.25) is 0 Å². The van der Waals surface area contributed by atoms with Crippen LogP contribution in [0.3, 0.4) is 0 Å². The highest BCUT2D eigenvalue weighted by Crippen LogP contribution is 2.37. The first-order valence-electron chi connectivity index (χ1n) is 4.71. The molecule has 13 heavy (non-hydrogen) atoms. The number of halogens is 1. The molecule has 0 bridgehead atoms. The molecule has 0 amide bonds. The van der Waals surface area contributed by atoms with Crippen LogP contribution < -0.4 is 0 Å². The molecular weight excluding hydrogens is 184 g/mol. The zero-order chi connectivity index (χ0) is 9.26. The quantitative estimate of drug-likeness (QED) is 0.771. The summed E-state index contributed by atoms with van der Waals surface area (Å²) < 4.78 is 0. The first-order chi connectivity index (χ1) is 6.27. The fraction of sp³-hybridized carbons (Fsp3) is 0.455. The fourth-order valence-corrected chi connectivity index (χ4v) is 1.92. The van der Waals surface area contributed by atoms with Crippen molar-refractivity contribution in [2.24, 2.45) is 5.92 Å². The molecule has 70 valence electrons. The van der Waals surface area contributed by atoms with E-state index < -0.39 is 0 Å². The van der Waals surface area contributed by atoms with Gasteiger partial charge in [-0.3, -0.25) is 0 Å². The van der Waals surface area contributed by atoms with Crippen molar-refractivity contribution in [3.05, 3.63) is 34.9 Å². The van der Waals surface area contributed by atoms with Gasteiger partial charge in [0.25, 0.3) is 0 Å². The molecule has 1 atom stereocenters. The molecule has 0 aromatic heterocycles.